The molecule has 0 heterocycles. The van der Waals surface area contributed by atoms with Crippen LogP contribution in [0.2, 0.25) is 0 Å². The molecule has 1 rings (SSSR count). The third-order valence-corrected chi connectivity index (χ3v) is 3.78. The summed E-state index contributed by atoms with van der Waals surface area (Å²) in [6.07, 6.45) is 5.99. The van der Waals surface area contributed by atoms with Gasteiger partial charge in [-0.25, -0.2) is 0 Å². The number of unbranched alkanes of at least 4 members (excludes halogenated alkanes) is 1. The lowest BCUT2D eigenvalue weighted by Crippen LogP contribution is -2.11. The molecule has 1 unspecified atom stereocenters. The highest BCUT2D eigenvalue weighted by molar-refractivity contribution is 5.32. The van der Waals surface area contributed by atoms with E-state index in [1.807, 2.05) is 24.3 Å². The molecule has 0 aromatic heterocycles. The highest BCUT2D eigenvalue weighted by Crippen LogP contribution is 2.17. The summed E-state index contributed by atoms with van der Waals surface area (Å²) in [5, 5.41) is 0. The lowest BCUT2D eigenvalue weighted by Gasteiger charge is -2.15. The molecule has 0 saturated carbocycles. The van der Waals surface area contributed by atoms with E-state index in [0.717, 1.165) is 30.9 Å². The Hall–Kier alpha value is -1.06. The third kappa shape index (κ3) is 7.49. The van der Waals surface area contributed by atoms with Gasteiger partial charge in [-0.15, -0.1) is 0 Å². The molecule has 2 N–H and O–H groups in total. The minimum Gasteiger partial charge on any atom is -0.493 e. The normalized spacial score (nSPS) is 12.3. The van der Waals surface area contributed by atoms with Crippen LogP contribution in [0, 0.1) is 5.92 Å². The summed E-state index contributed by atoms with van der Waals surface area (Å²) in [7, 11) is 0. The molecular weight excluding hydrogens is 262 g/mol. The molecule has 1 aromatic carbocycles. The van der Waals surface area contributed by atoms with Crippen molar-refractivity contribution < 1.29 is 9.47 Å². The molecular formula is C18H31NO2. The molecule has 0 saturated heterocycles. The fourth-order valence-corrected chi connectivity index (χ4v) is 2.30. The highest BCUT2D eigenvalue weighted by atomic mass is 16.5. The molecule has 21 heavy (non-hydrogen) atoms. The van der Waals surface area contributed by atoms with Gasteiger partial charge in [0.05, 0.1) is 6.61 Å². The Labute approximate surface area is 129 Å². The van der Waals surface area contributed by atoms with Gasteiger partial charge < -0.3 is 15.2 Å². The van der Waals surface area contributed by atoms with Gasteiger partial charge in [0, 0.05) is 31.7 Å². The summed E-state index contributed by atoms with van der Waals surface area (Å²) in [4.78, 5) is 0. The van der Waals surface area contributed by atoms with Crippen molar-refractivity contribution in [2.75, 3.05) is 19.8 Å². The average molecular weight is 293 g/mol. The predicted molar refractivity (Wildman–Crippen MR) is 88.6 cm³/mol. The van der Waals surface area contributed by atoms with E-state index in [-0.39, 0.29) is 0 Å². The topological polar surface area (TPSA) is 44.5 Å². The molecule has 0 aliphatic carbocycles. The average Bonchev–Trinajstić information content (AvgIpc) is 2.53. The van der Waals surface area contributed by atoms with Crippen LogP contribution in [-0.4, -0.2) is 19.8 Å². The summed E-state index contributed by atoms with van der Waals surface area (Å²) >= 11 is 0. The van der Waals surface area contributed by atoms with E-state index < -0.39 is 0 Å². The fourth-order valence-electron chi connectivity index (χ4n) is 2.30. The molecule has 3 nitrogen and oxygen atoms in total. The van der Waals surface area contributed by atoms with Gasteiger partial charge in [-0.1, -0.05) is 51.3 Å². The summed E-state index contributed by atoms with van der Waals surface area (Å²) in [6, 6.07) is 7.94. The van der Waals surface area contributed by atoms with Gasteiger partial charge in [-0.2, -0.15) is 0 Å². The molecule has 0 bridgehead atoms. The Morgan fingerprint density at radius 3 is 2.62 bits per heavy atom. The lowest BCUT2D eigenvalue weighted by molar-refractivity contribution is 0.0841. The molecule has 0 fully saturated rings. The SMILES string of the molecule is CCCCC(CC)COCCCOc1ccccc1CN. The molecule has 1 atom stereocenters. The Morgan fingerprint density at radius 2 is 1.90 bits per heavy atom. The second-order valence-electron chi connectivity index (χ2n) is 5.51. The van der Waals surface area contributed by atoms with Crippen LogP contribution >= 0.6 is 0 Å². The molecule has 1 aromatic rings. The molecule has 0 aliphatic rings. The first-order valence-electron chi connectivity index (χ1n) is 8.30. The maximum Gasteiger partial charge on any atom is 0.123 e. The van der Waals surface area contributed by atoms with Gasteiger partial charge in [0.2, 0.25) is 0 Å². The van der Waals surface area contributed by atoms with Gasteiger partial charge in [0.1, 0.15) is 5.75 Å². The Kier molecular flexibility index (Phi) is 9.92. The molecule has 3 heteroatoms. The number of benzene rings is 1. The van der Waals surface area contributed by atoms with E-state index in [9.17, 15) is 0 Å². The van der Waals surface area contributed by atoms with Crippen LogP contribution < -0.4 is 10.5 Å². The number of hydrogen-bond donors (Lipinski definition) is 1. The first-order chi connectivity index (χ1) is 10.3. The first kappa shape index (κ1) is 18.0. The van der Waals surface area contributed by atoms with Crippen molar-refractivity contribution in [2.24, 2.45) is 11.7 Å². The fraction of sp³-hybridized carbons (Fsp3) is 0.667. The zero-order valence-electron chi connectivity index (χ0n) is 13.6. The zero-order chi connectivity index (χ0) is 15.3. The van der Waals surface area contributed by atoms with Crippen molar-refractivity contribution >= 4 is 0 Å². The summed E-state index contributed by atoms with van der Waals surface area (Å²) < 4.78 is 11.5. The van der Waals surface area contributed by atoms with E-state index in [1.165, 1.54) is 25.7 Å². The smallest absolute Gasteiger partial charge is 0.123 e. The van der Waals surface area contributed by atoms with Crippen molar-refractivity contribution in [3.63, 3.8) is 0 Å². The van der Waals surface area contributed by atoms with Crippen LogP contribution in [0.3, 0.4) is 0 Å². The van der Waals surface area contributed by atoms with E-state index >= 15 is 0 Å². The van der Waals surface area contributed by atoms with Gasteiger partial charge in [0.15, 0.2) is 0 Å². The van der Waals surface area contributed by atoms with Crippen LogP contribution in [0.25, 0.3) is 0 Å². The Bertz CT molecular complexity index is 368. The van der Waals surface area contributed by atoms with Crippen molar-refractivity contribution in [2.45, 2.75) is 52.5 Å². The molecule has 0 spiro atoms. The maximum atomic E-state index is 5.77. The zero-order valence-corrected chi connectivity index (χ0v) is 13.6. The van der Waals surface area contributed by atoms with Crippen LogP contribution in [0.1, 0.15) is 51.5 Å². The van der Waals surface area contributed by atoms with Crippen LogP contribution in [0.15, 0.2) is 24.3 Å². The van der Waals surface area contributed by atoms with E-state index in [2.05, 4.69) is 13.8 Å². The summed E-state index contributed by atoms with van der Waals surface area (Å²) in [5.74, 6) is 1.61. The monoisotopic (exact) mass is 293 g/mol. The molecule has 0 radical (unpaired) electrons. The largest absolute Gasteiger partial charge is 0.493 e. The quantitative estimate of drug-likeness (QED) is 0.589. The minimum atomic E-state index is 0.516. The van der Waals surface area contributed by atoms with Crippen molar-refractivity contribution in [1.82, 2.24) is 0 Å². The predicted octanol–water partition coefficient (Wildman–Crippen LogP) is 4.15. The van der Waals surface area contributed by atoms with Crippen molar-refractivity contribution in [3.8, 4) is 5.75 Å². The second-order valence-corrected chi connectivity index (χ2v) is 5.51. The number of nitrogens with two attached hydrogens (primary N) is 1. The van der Waals surface area contributed by atoms with E-state index in [0.29, 0.717) is 19.1 Å². The number of rotatable bonds is 12. The molecule has 0 aliphatic heterocycles. The second kappa shape index (κ2) is 11.6. The third-order valence-electron chi connectivity index (χ3n) is 3.78. The summed E-state index contributed by atoms with van der Waals surface area (Å²) in [5.41, 5.74) is 6.75. The first-order valence-corrected chi connectivity index (χ1v) is 8.30. The van der Waals surface area contributed by atoms with E-state index in [1.54, 1.807) is 0 Å². The number of hydrogen-bond acceptors (Lipinski definition) is 3. The van der Waals surface area contributed by atoms with Gasteiger partial charge in [-0.3, -0.25) is 0 Å². The maximum absolute atomic E-state index is 5.77. The standard InChI is InChI=1S/C18H31NO2/c1-3-5-9-16(4-2)15-20-12-8-13-21-18-11-7-6-10-17(18)14-19/h6-7,10-11,16H,3-5,8-9,12-15,19H2,1-2H3. The van der Waals surface area contributed by atoms with Gasteiger partial charge in [0.25, 0.3) is 0 Å². The summed E-state index contributed by atoms with van der Waals surface area (Å²) in [6.45, 7) is 7.34. The highest BCUT2D eigenvalue weighted by Gasteiger charge is 2.05. The number of ether oxygens (including phenoxy) is 2. The Morgan fingerprint density at radius 1 is 1.10 bits per heavy atom. The van der Waals surface area contributed by atoms with Crippen LogP contribution in [-0.2, 0) is 11.3 Å². The van der Waals surface area contributed by atoms with E-state index in [4.69, 9.17) is 15.2 Å². The lowest BCUT2D eigenvalue weighted by atomic mass is 10.0. The van der Waals surface area contributed by atoms with Crippen molar-refractivity contribution in [3.05, 3.63) is 29.8 Å². The van der Waals surface area contributed by atoms with Gasteiger partial charge >= 0.3 is 0 Å². The van der Waals surface area contributed by atoms with Crippen LogP contribution in [0.5, 0.6) is 5.75 Å². The van der Waals surface area contributed by atoms with Crippen LogP contribution in [0.4, 0.5) is 0 Å². The molecule has 120 valence electrons. The Balaban J connectivity index is 2.11. The van der Waals surface area contributed by atoms with Gasteiger partial charge in [-0.05, 0) is 18.4 Å². The minimum absolute atomic E-state index is 0.516. The van der Waals surface area contributed by atoms with Crippen molar-refractivity contribution in [1.29, 1.82) is 0 Å². The number of para-hydroxylation sites is 1. The molecule has 0 amide bonds.